The van der Waals surface area contributed by atoms with Crippen molar-refractivity contribution in [2.24, 2.45) is 0 Å². The molecule has 24 heavy (non-hydrogen) atoms. The van der Waals surface area contributed by atoms with Crippen LogP contribution in [0.1, 0.15) is 5.69 Å². The number of benzene rings is 2. The highest BCUT2D eigenvalue weighted by Gasteiger charge is 2.11. The number of nitriles is 1. The molecule has 118 valence electrons. The zero-order valence-electron chi connectivity index (χ0n) is 12.0. The van der Waals surface area contributed by atoms with Crippen LogP contribution in [0.25, 0.3) is 22.4 Å². The first-order chi connectivity index (χ1) is 11.5. The van der Waals surface area contributed by atoms with Crippen molar-refractivity contribution in [1.82, 2.24) is 4.98 Å². The molecule has 0 spiro atoms. The molecule has 0 N–H and O–H groups in total. The molecule has 0 atom stereocenters. The lowest BCUT2D eigenvalue weighted by molar-refractivity contribution is 1.27. The van der Waals surface area contributed by atoms with Crippen molar-refractivity contribution in [1.29, 1.82) is 5.26 Å². The summed E-state index contributed by atoms with van der Waals surface area (Å²) < 4.78 is 0. The molecule has 0 fully saturated rings. The van der Waals surface area contributed by atoms with E-state index >= 15 is 0 Å². The largest absolute Gasteiger partial charge is 0.236 e. The topological polar surface area (TPSA) is 36.7 Å². The Morgan fingerprint density at radius 1 is 0.708 bits per heavy atom. The lowest BCUT2D eigenvalue weighted by atomic mass is 10.0. The number of pyridine rings is 1. The van der Waals surface area contributed by atoms with Crippen molar-refractivity contribution in [3.05, 3.63) is 74.3 Å². The molecule has 0 aliphatic heterocycles. The third-order valence-corrected chi connectivity index (χ3v) is 4.21. The first kappa shape index (κ1) is 17.1. The molecule has 0 aliphatic rings. The lowest BCUT2D eigenvalue weighted by Crippen LogP contribution is -1.93. The van der Waals surface area contributed by atoms with Crippen LogP contribution in [0.3, 0.4) is 0 Å². The summed E-state index contributed by atoms with van der Waals surface area (Å²) >= 11 is 24.1. The van der Waals surface area contributed by atoms with E-state index in [1.807, 2.05) is 0 Å². The van der Waals surface area contributed by atoms with Crippen molar-refractivity contribution in [3.63, 3.8) is 0 Å². The minimum absolute atomic E-state index is 0.266. The maximum absolute atomic E-state index is 9.47. The molecule has 0 saturated heterocycles. The van der Waals surface area contributed by atoms with Crippen molar-refractivity contribution in [2.45, 2.75) is 0 Å². The van der Waals surface area contributed by atoms with E-state index < -0.39 is 0 Å². The summed E-state index contributed by atoms with van der Waals surface area (Å²) in [6.45, 7) is 0. The van der Waals surface area contributed by atoms with Crippen LogP contribution in [0.5, 0.6) is 0 Å². The highest BCUT2D eigenvalue weighted by molar-refractivity contribution is 6.35. The minimum atomic E-state index is 0.266. The van der Waals surface area contributed by atoms with Gasteiger partial charge in [0.05, 0.1) is 5.69 Å². The Labute approximate surface area is 159 Å². The summed E-state index contributed by atoms with van der Waals surface area (Å²) in [5.41, 5.74) is 2.99. The third-order valence-electron chi connectivity index (χ3n) is 3.33. The van der Waals surface area contributed by atoms with Gasteiger partial charge in [-0.1, -0.05) is 46.4 Å². The standard InChI is InChI=1S/C18H8Cl4N2/c19-12-3-10(4-13(20)7-12)16-1-2-17(24-18(16)9-23)11-5-14(21)8-15(22)6-11/h1-8H. The molecular formula is C18H8Cl4N2. The van der Waals surface area contributed by atoms with Gasteiger partial charge in [-0.2, -0.15) is 5.26 Å². The normalized spacial score (nSPS) is 10.5. The van der Waals surface area contributed by atoms with Crippen molar-refractivity contribution in [2.75, 3.05) is 0 Å². The fourth-order valence-electron chi connectivity index (χ4n) is 2.35. The number of halogens is 4. The van der Waals surface area contributed by atoms with Gasteiger partial charge in [-0.25, -0.2) is 4.98 Å². The summed E-state index contributed by atoms with van der Waals surface area (Å²) in [7, 11) is 0. The van der Waals surface area contributed by atoms with Gasteiger partial charge >= 0.3 is 0 Å². The van der Waals surface area contributed by atoms with Crippen LogP contribution in [0, 0.1) is 11.3 Å². The van der Waals surface area contributed by atoms with Crippen LogP contribution in [-0.2, 0) is 0 Å². The smallest absolute Gasteiger partial charge is 0.148 e. The van der Waals surface area contributed by atoms with Gasteiger partial charge in [-0.05, 0) is 54.1 Å². The Balaban J connectivity index is 2.13. The molecule has 3 rings (SSSR count). The van der Waals surface area contributed by atoms with E-state index in [-0.39, 0.29) is 5.69 Å². The Morgan fingerprint density at radius 3 is 1.71 bits per heavy atom. The van der Waals surface area contributed by atoms with Crippen molar-refractivity contribution >= 4 is 46.4 Å². The van der Waals surface area contributed by atoms with Crippen LogP contribution in [0.2, 0.25) is 20.1 Å². The molecule has 0 aliphatic carbocycles. The Bertz CT molecular complexity index is 937. The van der Waals surface area contributed by atoms with Crippen LogP contribution >= 0.6 is 46.4 Å². The number of aromatic nitrogens is 1. The molecule has 0 bridgehead atoms. The van der Waals surface area contributed by atoms with Gasteiger partial charge < -0.3 is 0 Å². The summed E-state index contributed by atoms with van der Waals surface area (Å²) in [4.78, 5) is 4.41. The van der Waals surface area contributed by atoms with Gasteiger partial charge in [0.2, 0.25) is 0 Å². The van der Waals surface area contributed by atoms with Gasteiger partial charge in [-0.3, -0.25) is 0 Å². The Morgan fingerprint density at radius 2 is 1.21 bits per heavy atom. The van der Waals surface area contributed by atoms with E-state index in [2.05, 4.69) is 11.1 Å². The monoisotopic (exact) mass is 392 g/mol. The fourth-order valence-corrected chi connectivity index (χ4v) is 3.40. The average molecular weight is 394 g/mol. The van der Waals surface area contributed by atoms with E-state index in [1.165, 1.54) is 0 Å². The third kappa shape index (κ3) is 3.66. The van der Waals surface area contributed by atoms with E-state index in [1.54, 1.807) is 48.5 Å². The predicted octanol–water partition coefficient (Wildman–Crippen LogP) is 6.90. The molecule has 2 aromatic carbocycles. The van der Waals surface area contributed by atoms with E-state index in [0.29, 0.717) is 31.3 Å². The second-order valence-electron chi connectivity index (χ2n) is 5.02. The first-order valence-electron chi connectivity index (χ1n) is 6.80. The first-order valence-corrected chi connectivity index (χ1v) is 8.31. The summed E-state index contributed by atoms with van der Waals surface area (Å²) in [6.07, 6.45) is 0. The van der Waals surface area contributed by atoms with Gasteiger partial charge in [0.1, 0.15) is 11.8 Å². The van der Waals surface area contributed by atoms with E-state index in [0.717, 1.165) is 11.1 Å². The summed E-state index contributed by atoms with van der Waals surface area (Å²) in [6, 6.07) is 15.9. The van der Waals surface area contributed by atoms with E-state index in [4.69, 9.17) is 46.4 Å². The summed E-state index contributed by atoms with van der Waals surface area (Å²) in [5.74, 6) is 0. The molecule has 0 saturated carbocycles. The number of hydrogen-bond donors (Lipinski definition) is 0. The summed E-state index contributed by atoms with van der Waals surface area (Å²) in [5, 5.41) is 11.5. The number of hydrogen-bond acceptors (Lipinski definition) is 2. The molecule has 0 unspecified atom stereocenters. The van der Waals surface area contributed by atoms with Crippen molar-refractivity contribution < 1.29 is 0 Å². The molecule has 6 heteroatoms. The average Bonchev–Trinajstić information content (AvgIpc) is 2.52. The maximum atomic E-state index is 9.47. The number of nitrogens with zero attached hydrogens (tertiary/aromatic N) is 2. The SMILES string of the molecule is N#Cc1nc(-c2cc(Cl)cc(Cl)c2)ccc1-c1cc(Cl)cc(Cl)c1. The zero-order valence-corrected chi connectivity index (χ0v) is 15.0. The molecule has 1 aromatic heterocycles. The molecule has 0 radical (unpaired) electrons. The second-order valence-corrected chi connectivity index (χ2v) is 6.77. The van der Waals surface area contributed by atoms with Crippen LogP contribution in [0.15, 0.2) is 48.5 Å². The Kier molecular flexibility index (Phi) is 4.99. The quantitative estimate of drug-likeness (QED) is 0.474. The fraction of sp³-hybridized carbons (Fsp3) is 0. The second kappa shape index (κ2) is 7.01. The van der Waals surface area contributed by atoms with Crippen molar-refractivity contribution in [3.8, 4) is 28.5 Å². The molecular weight excluding hydrogens is 386 g/mol. The lowest BCUT2D eigenvalue weighted by Gasteiger charge is -2.08. The minimum Gasteiger partial charge on any atom is -0.236 e. The maximum Gasteiger partial charge on any atom is 0.148 e. The van der Waals surface area contributed by atoms with Gasteiger partial charge in [-0.15, -0.1) is 0 Å². The molecule has 1 heterocycles. The molecule has 0 amide bonds. The predicted molar refractivity (Wildman–Crippen MR) is 99.9 cm³/mol. The number of rotatable bonds is 2. The van der Waals surface area contributed by atoms with Gasteiger partial charge in [0, 0.05) is 31.2 Å². The van der Waals surface area contributed by atoms with Gasteiger partial charge in [0.25, 0.3) is 0 Å². The van der Waals surface area contributed by atoms with Crippen LogP contribution in [-0.4, -0.2) is 4.98 Å². The van der Waals surface area contributed by atoms with Gasteiger partial charge in [0.15, 0.2) is 0 Å². The van der Waals surface area contributed by atoms with Crippen LogP contribution in [0.4, 0.5) is 0 Å². The molecule has 3 aromatic rings. The zero-order chi connectivity index (χ0) is 17.3. The molecule has 2 nitrogen and oxygen atoms in total. The van der Waals surface area contributed by atoms with E-state index in [9.17, 15) is 5.26 Å². The highest BCUT2D eigenvalue weighted by Crippen LogP contribution is 2.32. The highest BCUT2D eigenvalue weighted by atomic mass is 35.5. The Hall–Kier alpha value is -1.76. The van der Waals surface area contributed by atoms with Crippen LogP contribution < -0.4 is 0 Å².